The van der Waals surface area contributed by atoms with Gasteiger partial charge in [0.25, 0.3) is 6.47 Å². The van der Waals surface area contributed by atoms with E-state index in [1.54, 1.807) is 30.9 Å². The molecular formula is C13H9ClFN3O2. The second kappa shape index (κ2) is 6.12. The summed E-state index contributed by atoms with van der Waals surface area (Å²) in [5.41, 5.74) is 3.25. The van der Waals surface area contributed by atoms with Crippen molar-refractivity contribution in [3.8, 4) is 11.1 Å². The number of hydrogen-bond donors (Lipinski definition) is 2. The van der Waals surface area contributed by atoms with Crippen LogP contribution in [-0.2, 0) is 4.79 Å². The maximum atomic E-state index is 13.1. The van der Waals surface area contributed by atoms with E-state index in [1.807, 2.05) is 0 Å². The van der Waals surface area contributed by atoms with Crippen LogP contribution in [0.2, 0.25) is 5.02 Å². The molecule has 2 aromatic heterocycles. The first-order chi connectivity index (χ1) is 9.67. The highest BCUT2D eigenvalue weighted by Crippen LogP contribution is 2.28. The van der Waals surface area contributed by atoms with E-state index in [0.29, 0.717) is 0 Å². The van der Waals surface area contributed by atoms with Crippen LogP contribution in [0.25, 0.3) is 22.2 Å². The molecule has 0 bridgehead atoms. The lowest BCUT2D eigenvalue weighted by Gasteiger charge is -2.03. The number of aromatic nitrogens is 3. The van der Waals surface area contributed by atoms with Crippen LogP contribution in [-0.4, -0.2) is 26.5 Å². The van der Waals surface area contributed by atoms with Gasteiger partial charge >= 0.3 is 0 Å². The number of H-pyrrole nitrogens is 1. The topological polar surface area (TPSA) is 78.9 Å². The van der Waals surface area contributed by atoms with Gasteiger partial charge in [-0.15, -0.1) is 0 Å². The average molecular weight is 294 g/mol. The van der Waals surface area contributed by atoms with E-state index in [9.17, 15) is 4.39 Å². The van der Waals surface area contributed by atoms with Crippen LogP contribution >= 0.6 is 11.6 Å². The molecule has 0 atom stereocenters. The van der Waals surface area contributed by atoms with Gasteiger partial charge in [0.2, 0.25) is 0 Å². The second-order valence-electron chi connectivity index (χ2n) is 3.72. The highest BCUT2D eigenvalue weighted by molar-refractivity contribution is 6.31. The molecule has 0 fully saturated rings. The molecule has 0 spiro atoms. The number of rotatable bonds is 1. The van der Waals surface area contributed by atoms with Crippen LogP contribution in [0.4, 0.5) is 4.39 Å². The van der Waals surface area contributed by atoms with Crippen molar-refractivity contribution >= 4 is 29.1 Å². The van der Waals surface area contributed by atoms with E-state index in [2.05, 4.69) is 15.0 Å². The standard InChI is InChI=1S/C12H7ClFN3.CH2O2/c13-9-3-7(1-2-10(9)14)8-4-15-5-11-12(8)17-6-16-11;2-1-3/h1-6H,(H,16,17);1H,(H,2,3). The number of nitrogens with one attached hydrogen (secondary N) is 1. The Balaban J connectivity index is 0.000000452. The minimum atomic E-state index is -0.433. The largest absolute Gasteiger partial charge is 0.483 e. The summed E-state index contributed by atoms with van der Waals surface area (Å²) in [4.78, 5) is 19.7. The van der Waals surface area contributed by atoms with Gasteiger partial charge in [-0.25, -0.2) is 9.37 Å². The van der Waals surface area contributed by atoms with Crippen LogP contribution in [0.5, 0.6) is 0 Å². The van der Waals surface area contributed by atoms with Crippen LogP contribution in [0.1, 0.15) is 0 Å². The summed E-state index contributed by atoms with van der Waals surface area (Å²) in [5, 5.41) is 6.98. The van der Waals surface area contributed by atoms with E-state index >= 15 is 0 Å². The first kappa shape index (κ1) is 14.0. The molecule has 0 saturated carbocycles. The van der Waals surface area contributed by atoms with Gasteiger partial charge in [0.05, 0.1) is 28.6 Å². The van der Waals surface area contributed by atoms with Gasteiger partial charge < -0.3 is 10.1 Å². The number of imidazole rings is 1. The molecule has 2 N–H and O–H groups in total. The van der Waals surface area contributed by atoms with E-state index in [-0.39, 0.29) is 11.5 Å². The minimum absolute atomic E-state index is 0.0926. The van der Waals surface area contributed by atoms with Crippen molar-refractivity contribution in [2.75, 3.05) is 0 Å². The molecule has 3 aromatic rings. The Bertz CT molecular complexity index is 745. The van der Waals surface area contributed by atoms with Gasteiger partial charge in [-0.1, -0.05) is 17.7 Å². The summed E-state index contributed by atoms with van der Waals surface area (Å²) in [5.74, 6) is -0.433. The predicted molar refractivity (Wildman–Crippen MR) is 73.0 cm³/mol. The van der Waals surface area contributed by atoms with Crippen LogP contribution in [0.3, 0.4) is 0 Å². The quantitative estimate of drug-likeness (QED) is 0.676. The fraction of sp³-hybridized carbons (Fsp3) is 0. The molecule has 0 unspecified atom stereocenters. The summed E-state index contributed by atoms with van der Waals surface area (Å²) in [6.07, 6.45) is 4.98. The Morgan fingerprint density at radius 1 is 1.35 bits per heavy atom. The molecule has 2 heterocycles. The lowest BCUT2D eigenvalue weighted by molar-refractivity contribution is -0.122. The predicted octanol–water partition coefficient (Wildman–Crippen LogP) is 3.12. The van der Waals surface area contributed by atoms with Crippen molar-refractivity contribution in [3.63, 3.8) is 0 Å². The highest BCUT2D eigenvalue weighted by Gasteiger charge is 2.08. The van der Waals surface area contributed by atoms with Crippen LogP contribution in [0, 0.1) is 5.82 Å². The van der Waals surface area contributed by atoms with Crippen molar-refractivity contribution in [2.24, 2.45) is 0 Å². The number of pyridine rings is 1. The first-order valence-electron chi connectivity index (χ1n) is 5.47. The second-order valence-corrected chi connectivity index (χ2v) is 4.13. The Hall–Kier alpha value is -2.47. The Kier molecular flexibility index (Phi) is 4.27. The fourth-order valence-corrected chi connectivity index (χ4v) is 1.92. The van der Waals surface area contributed by atoms with Crippen molar-refractivity contribution in [1.82, 2.24) is 15.0 Å². The number of aromatic amines is 1. The molecule has 102 valence electrons. The molecule has 0 aliphatic carbocycles. The third-order valence-electron chi connectivity index (χ3n) is 2.56. The third kappa shape index (κ3) is 2.75. The summed E-state index contributed by atoms with van der Waals surface area (Å²) < 4.78 is 13.1. The zero-order chi connectivity index (χ0) is 14.5. The lowest BCUT2D eigenvalue weighted by Crippen LogP contribution is -1.85. The Morgan fingerprint density at radius 3 is 2.80 bits per heavy atom. The lowest BCUT2D eigenvalue weighted by atomic mass is 10.1. The smallest absolute Gasteiger partial charge is 0.290 e. The van der Waals surface area contributed by atoms with Gasteiger partial charge in [-0.05, 0) is 17.7 Å². The molecule has 0 saturated heterocycles. The molecule has 0 amide bonds. The maximum absolute atomic E-state index is 13.1. The van der Waals surface area contributed by atoms with Gasteiger partial charge in [0, 0.05) is 11.8 Å². The van der Waals surface area contributed by atoms with Crippen LogP contribution in [0.15, 0.2) is 36.9 Å². The first-order valence-corrected chi connectivity index (χ1v) is 5.85. The van der Waals surface area contributed by atoms with Crippen molar-refractivity contribution in [3.05, 3.63) is 47.8 Å². The molecule has 20 heavy (non-hydrogen) atoms. The van der Waals surface area contributed by atoms with E-state index in [0.717, 1.165) is 22.2 Å². The number of benzene rings is 1. The van der Waals surface area contributed by atoms with Gasteiger partial charge in [0.15, 0.2) is 0 Å². The fourth-order valence-electron chi connectivity index (χ4n) is 1.74. The van der Waals surface area contributed by atoms with Crippen molar-refractivity contribution in [1.29, 1.82) is 0 Å². The molecule has 5 nitrogen and oxygen atoms in total. The van der Waals surface area contributed by atoms with Gasteiger partial charge in [0.1, 0.15) is 5.82 Å². The number of carbonyl (C=O) groups is 1. The van der Waals surface area contributed by atoms with E-state index in [4.69, 9.17) is 21.5 Å². The normalized spacial score (nSPS) is 9.90. The third-order valence-corrected chi connectivity index (χ3v) is 2.85. The molecule has 0 radical (unpaired) electrons. The average Bonchev–Trinajstić information content (AvgIpc) is 2.91. The van der Waals surface area contributed by atoms with Gasteiger partial charge in [-0.2, -0.15) is 0 Å². The number of hydrogen-bond acceptors (Lipinski definition) is 3. The molecular weight excluding hydrogens is 285 g/mol. The monoisotopic (exact) mass is 293 g/mol. The maximum Gasteiger partial charge on any atom is 0.290 e. The summed E-state index contributed by atoms with van der Waals surface area (Å²) in [7, 11) is 0. The van der Waals surface area contributed by atoms with Crippen molar-refractivity contribution < 1.29 is 14.3 Å². The SMILES string of the molecule is Fc1ccc(-c2cncc3[nH]cnc23)cc1Cl.O=CO. The van der Waals surface area contributed by atoms with Crippen molar-refractivity contribution in [2.45, 2.75) is 0 Å². The number of fused-ring (bicyclic) bond motifs is 1. The Morgan fingerprint density at radius 2 is 2.10 bits per heavy atom. The number of halogens is 2. The summed E-state index contributed by atoms with van der Waals surface area (Å²) in [6.45, 7) is -0.250. The molecule has 0 aliphatic rings. The zero-order valence-electron chi connectivity index (χ0n) is 10.0. The molecule has 3 rings (SSSR count). The molecule has 7 heteroatoms. The minimum Gasteiger partial charge on any atom is -0.483 e. The summed E-state index contributed by atoms with van der Waals surface area (Å²) in [6, 6.07) is 4.57. The molecule has 0 aliphatic heterocycles. The highest BCUT2D eigenvalue weighted by atomic mass is 35.5. The molecule has 1 aromatic carbocycles. The van der Waals surface area contributed by atoms with Gasteiger partial charge in [-0.3, -0.25) is 9.78 Å². The summed E-state index contributed by atoms with van der Waals surface area (Å²) >= 11 is 5.77. The van der Waals surface area contributed by atoms with Crippen LogP contribution < -0.4 is 0 Å². The number of nitrogens with zero attached hydrogens (tertiary/aromatic N) is 2. The van der Waals surface area contributed by atoms with E-state index in [1.165, 1.54) is 6.07 Å². The zero-order valence-corrected chi connectivity index (χ0v) is 10.8. The number of carboxylic acid groups (broad SMARTS) is 1. The van der Waals surface area contributed by atoms with E-state index < -0.39 is 5.82 Å². The Labute approximate surface area is 118 Å².